The molecule has 1 N–H and O–H groups in total. The molecule has 4 heteroatoms. The number of rotatable bonds is 5. The molecule has 3 rings (SSSR count). The van der Waals surface area contributed by atoms with Gasteiger partial charge in [-0.05, 0) is 29.7 Å². The number of para-hydroxylation sites is 1. The number of nitriles is 1. The minimum Gasteiger partial charge on any atom is -0.369 e. The Morgan fingerprint density at radius 2 is 1.73 bits per heavy atom. The molecular weight excluding hydrogens is 272 g/mol. The molecule has 0 unspecified atom stereocenters. The van der Waals surface area contributed by atoms with Gasteiger partial charge in [0.15, 0.2) is 0 Å². The summed E-state index contributed by atoms with van der Waals surface area (Å²) in [6.45, 7) is 0.767. The van der Waals surface area contributed by atoms with Crippen molar-refractivity contribution in [3.63, 3.8) is 0 Å². The van der Waals surface area contributed by atoms with Crippen molar-refractivity contribution in [1.82, 2.24) is 9.97 Å². The third-order valence-corrected chi connectivity index (χ3v) is 3.62. The SMILES string of the molecule is N#CCc1ccccc1CCNc1ncnc2ccccc12. The molecule has 0 saturated heterocycles. The highest BCUT2D eigenvalue weighted by Gasteiger charge is 2.04. The zero-order valence-electron chi connectivity index (χ0n) is 12.2. The van der Waals surface area contributed by atoms with E-state index in [1.54, 1.807) is 6.33 Å². The van der Waals surface area contributed by atoms with Crippen molar-refractivity contribution in [3.05, 3.63) is 66.0 Å². The molecule has 0 radical (unpaired) electrons. The first-order valence-corrected chi connectivity index (χ1v) is 7.26. The molecule has 0 bridgehead atoms. The fourth-order valence-electron chi connectivity index (χ4n) is 2.52. The first-order valence-electron chi connectivity index (χ1n) is 7.26. The summed E-state index contributed by atoms with van der Waals surface area (Å²) in [6, 6.07) is 18.2. The molecule has 0 aliphatic rings. The highest BCUT2D eigenvalue weighted by atomic mass is 15.0. The molecule has 1 aromatic heterocycles. The second-order valence-electron chi connectivity index (χ2n) is 5.02. The largest absolute Gasteiger partial charge is 0.369 e. The zero-order valence-corrected chi connectivity index (χ0v) is 12.2. The number of fused-ring (bicyclic) bond motifs is 1. The Morgan fingerprint density at radius 3 is 2.59 bits per heavy atom. The van der Waals surface area contributed by atoms with Crippen LogP contribution >= 0.6 is 0 Å². The van der Waals surface area contributed by atoms with Gasteiger partial charge in [-0.1, -0.05) is 36.4 Å². The Hall–Kier alpha value is -2.93. The maximum Gasteiger partial charge on any atom is 0.137 e. The highest BCUT2D eigenvalue weighted by molar-refractivity contribution is 5.88. The maximum atomic E-state index is 8.88. The average Bonchev–Trinajstić information content (AvgIpc) is 2.57. The number of hydrogen-bond acceptors (Lipinski definition) is 4. The van der Waals surface area contributed by atoms with Crippen molar-refractivity contribution in [2.75, 3.05) is 11.9 Å². The van der Waals surface area contributed by atoms with Crippen LogP contribution in [-0.4, -0.2) is 16.5 Å². The zero-order chi connectivity index (χ0) is 15.2. The van der Waals surface area contributed by atoms with Gasteiger partial charge in [0.25, 0.3) is 0 Å². The lowest BCUT2D eigenvalue weighted by molar-refractivity contribution is 0.984. The van der Waals surface area contributed by atoms with Crippen molar-refractivity contribution in [2.24, 2.45) is 0 Å². The third kappa shape index (κ3) is 3.04. The number of anilines is 1. The van der Waals surface area contributed by atoms with Gasteiger partial charge in [0.05, 0.1) is 18.0 Å². The topological polar surface area (TPSA) is 61.6 Å². The smallest absolute Gasteiger partial charge is 0.137 e. The Labute approximate surface area is 129 Å². The number of nitrogens with one attached hydrogen (secondary N) is 1. The van der Waals surface area contributed by atoms with E-state index in [4.69, 9.17) is 5.26 Å². The lowest BCUT2D eigenvalue weighted by Gasteiger charge is -2.10. The van der Waals surface area contributed by atoms with Crippen LogP contribution in [0.15, 0.2) is 54.9 Å². The van der Waals surface area contributed by atoms with E-state index in [1.807, 2.05) is 42.5 Å². The van der Waals surface area contributed by atoms with Crippen LogP contribution in [0.1, 0.15) is 11.1 Å². The normalized spacial score (nSPS) is 10.3. The van der Waals surface area contributed by atoms with Gasteiger partial charge >= 0.3 is 0 Å². The summed E-state index contributed by atoms with van der Waals surface area (Å²) in [5, 5.41) is 13.3. The molecule has 108 valence electrons. The fourth-order valence-corrected chi connectivity index (χ4v) is 2.52. The van der Waals surface area contributed by atoms with E-state index in [1.165, 1.54) is 5.56 Å². The minimum absolute atomic E-state index is 0.451. The van der Waals surface area contributed by atoms with Crippen LogP contribution in [0.4, 0.5) is 5.82 Å². The summed E-state index contributed by atoms with van der Waals surface area (Å²) >= 11 is 0. The maximum absolute atomic E-state index is 8.88. The Morgan fingerprint density at radius 1 is 0.955 bits per heavy atom. The summed E-state index contributed by atoms with van der Waals surface area (Å²) in [4.78, 5) is 8.58. The lowest BCUT2D eigenvalue weighted by Crippen LogP contribution is -2.08. The van der Waals surface area contributed by atoms with Gasteiger partial charge in [-0.2, -0.15) is 5.26 Å². The predicted molar refractivity (Wildman–Crippen MR) is 87.5 cm³/mol. The second-order valence-corrected chi connectivity index (χ2v) is 5.02. The summed E-state index contributed by atoms with van der Waals surface area (Å²) in [5.41, 5.74) is 3.24. The predicted octanol–water partition coefficient (Wildman–Crippen LogP) is 3.35. The summed E-state index contributed by atoms with van der Waals surface area (Å²) in [5.74, 6) is 0.850. The summed E-state index contributed by atoms with van der Waals surface area (Å²) < 4.78 is 0. The van der Waals surface area contributed by atoms with Crippen molar-refractivity contribution < 1.29 is 0 Å². The van der Waals surface area contributed by atoms with Crippen LogP contribution in [0.3, 0.4) is 0 Å². The Kier molecular flexibility index (Phi) is 4.26. The number of aromatic nitrogens is 2. The third-order valence-electron chi connectivity index (χ3n) is 3.62. The van der Waals surface area contributed by atoms with Crippen LogP contribution < -0.4 is 5.32 Å². The van der Waals surface area contributed by atoms with Gasteiger partial charge in [0, 0.05) is 11.9 Å². The van der Waals surface area contributed by atoms with Crippen LogP contribution in [0.2, 0.25) is 0 Å². The molecule has 0 fully saturated rings. The Bertz CT molecular complexity index is 815. The van der Waals surface area contributed by atoms with Crippen LogP contribution in [0.5, 0.6) is 0 Å². The average molecular weight is 288 g/mol. The number of hydrogen-bond donors (Lipinski definition) is 1. The van der Waals surface area contributed by atoms with E-state index in [0.29, 0.717) is 6.42 Å². The van der Waals surface area contributed by atoms with Crippen LogP contribution in [0, 0.1) is 11.3 Å². The quantitative estimate of drug-likeness (QED) is 0.782. The monoisotopic (exact) mass is 288 g/mol. The molecule has 0 aliphatic heterocycles. The van der Waals surface area contributed by atoms with Crippen molar-refractivity contribution in [3.8, 4) is 6.07 Å². The molecule has 2 aromatic carbocycles. The van der Waals surface area contributed by atoms with Crippen molar-refractivity contribution in [2.45, 2.75) is 12.8 Å². The van der Waals surface area contributed by atoms with E-state index in [-0.39, 0.29) is 0 Å². The van der Waals surface area contributed by atoms with Gasteiger partial charge in [-0.25, -0.2) is 9.97 Å². The fraction of sp³-hybridized carbons (Fsp3) is 0.167. The standard InChI is InChI=1S/C18H16N4/c19-11-9-14-5-1-2-6-15(14)10-12-20-18-16-7-3-4-8-17(16)21-13-22-18/h1-8,13H,9-10,12H2,(H,20,21,22). The van der Waals surface area contributed by atoms with Gasteiger partial charge in [0.2, 0.25) is 0 Å². The van der Waals surface area contributed by atoms with E-state index < -0.39 is 0 Å². The summed E-state index contributed by atoms with van der Waals surface area (Å²) in [7, 11) is 0. The highest BCUT2D eigenvalue weighted by Crippen LogP contribution is 2.18. The molecule has 0 aliphatic carbocycles. The Balaban J connectivity index is 1.72. The molecule has 1 heterocycles. The van der Waals surface area contributed by atoms with Crippen molar-refractivity contribution in [1.29, 1.82) is 5.26 Å². The van der Waals surface area contributed by atoms with E-state index in [9.17, 15) is 0 Å². The van der Waals surface area contributed by atoms with Crippen LogP contribution in [-0.2, 0) is 12.8 Å². The molecule has 22 heavy (non-hydrogen) atoms. The second kappa shape index (κ2) is 6.68. The van der Waals surface area contributed by atoms with Crippen molar-refractivity contribution >= 4 is 16.7 Å². The van der Waals surface area contributed by atoms with E-state index in [2.05, 4.69) is 27.4 Å². The summed E-state index contributed by atoms with van der Waals surface area (Å²) in [6.07, 6.45) is 2.89. The molecule has 4 nitrogen and oxygen atoms in total. The molecule has 0 spiro atoms. The minimum atomic E-state index is 0.451. The van der Waals surface area contributed by atoms with Crippen LogP contribution in [0.25, 0.3) is 10.9 Å². The molecule has 0 atom stereocenters. The first-order chi connectivity index (χ1) is 10.9. The number of benzene rings is 2. The van der Waals surface area contributed by atoms with E-state index >= 15 is 0 Å². The van der Waals surface area contributed by atoms with Gasteiger partial charge in [-0.3, -0.25) is 0 Å². The molecular formula is C18H16N4. The number of nitrogens with zero attached hydrogens (tertiary/aromatic N) is 3. The first kappa shape index (κ1) is 14.0. The molecule has 0 saturated carbocycles. The van der Waals surface area contributed by atoms with E-state index in [0.717, 1.165) is 35.2 Å². The van der Waals surface area contributed by atoms with Gasteiger partial charge in [-0.15, -0.1) is 0 Å². The van der Waals surface area contributed by atoms with Gasteiger partial charge in [0.1, 0.15) is 12.1 Å². The van der Waals surface area contributed by atoms with Gasteiger partial charge < -0.3 is 5.32 Å². The lowest BCUT2D eigenvalue weighted by atomic mass is 10.0. The molecule has 0 amide bonds. The molecule has 3 aromatic rings.